The second kappa shape index (κ2) is 10.6. The zero-order valence-corrected chi connectivity index (χ0v) is 18.8. The molecule has 32 heavy (non-hydrogen) atoms. The van der Waals surface area contributed by atoms with Crippen LogP contribution >= 0.6 is 0 Å². The lowest BCUT2D eigenvalue weighted by Crippen LogP contribution is -2.42. The predicted molar refractivity (Wildman–Crippen MR) is 124 cm³/mol. The Bertz CT molecular complexity index is 1100. The van der Waals surface area contributed by atoms with Crippen LogP contribution < -0.4 is 27.2 Å². The van der Waals surface area contributed by atoms with E-state index in [-0.39, 0.29) is 35.3 Å². The summed E-state index contributed by atoms with van der Waals surface area (Å²) in [6.07, 6.45) is 1.50. The largest absolute Gasteiger partial charge is 0.383 e. The van der Waals surface area contributed by atoms with Crippen LogP contribution in [0.3, 0.4) is 0 Å². The molecule has 4 N–H and O–H groups in total. The highest BCUT2D eigenvalue weighted by Crippen LogP contribution is 2.23. The molecule has 2 aromatic rings. The van der Waals surface area contributed by atoms with Gasteiger partial charge in [0.05, 0.1) is 11.5 Å². The van der Waals surface area contributed by atoms with Crippen molar-refractivity contribution < 1.29 is 9.72 Å². The Morgan fingerprint density at radius 1 is 1.34 bits per heavy atom. The minimum absolute atomic E-state index is 0.00215. The molecule has 0 fully saturated rings. The number of benzene rings is 1. The molecule has 0 spiro atoms. The number of rotatable bonds is 10. The number of nitro benzene ring substituents is 1. The van der Waals surface area contributed by atoms with E-state index in [0.717, 1.165) is 6.42 Å². The number of unbranched alkanes of at least 4 members (excludes halogenated alkanes) is 1. The van der Waals surface area contributed by atoms with E-state index in [9.17, 15) is 24.5 Å². The third-order valence-electron chi connectivity index (χ3n) is 4.88. The van der Waals surface area contributed by atoms with Crippen LogP contribution in [0.5, 0.6) is 0 Å². The lowest BCUT2D eigenvalue weighted by atomic mass is 10.2. The zero-order chi connectivity index (χ0) is 24.0. The summed E-state index contributed by atoms with van der Waals surface area (Å²) in [7, 11) is 0. The minimum Gasteiger partial charge on any atom is -0.383 e. The lowest BCUT2D eigenvalue weighted by Gasteiger charge is -2.26. The van der Waals surface area contributed by atoms with Crippen molar-refractivity contribution >= 4 is 28.8 Å². The van der Waals surface area contributed by atoms with Crippen LogP contribution in [0.25, 0.3) is 0 Å². The Hall–Kier alpha value is -3.63. The molecule has 0 unspecified atom stereocenters. The van der Waals surface area contributed by atoms with E-state index in [1.165, 1.54) is 15.5 Å². The van der Waals surface area contributed by atoms with Gasteiger partial charge in [-0.25, -0.2) is 4.79 Å². The quantitative estimate of drug-likeness (QED) is 0.373. The van der Waals surface area contributed by atoms with Gasteiger partial charge in [-0.2, -0.15) is 0 Å². The molecule has 0 atom stereocenters. The van der Waals surface area contributed by atoms with Gasteiger partial charge in [0.15, 0.2) is 0 Å². The van der Waals surface area contributed by atoms with Crippen molar-refractivity contribution in [2.75, 3.05) is 29.0 Å². The highest BCUT2D eigenvalue weighted by Gasteiger charge is 2.22. The molecule has 0 bridgehead atoms. The van der Waals surface area contributed by atoms with Crippen LogP contribution in [0.4, 0.5) is 22.9 Å². The smallest absolute Gasteiger partial charge is 0.330 e. The Labute approximate surface area is 185 Å². The van der Waals surface area contributed by atoms with Gasteiger partial charge >= 0.3 is 5.69 Å². The van der Waals surface area contributed by atoms with Gasteiger partial charge in [-0.15, -0.1) is 0 Å². The summed E-state index contributed by atoms with van der Waals surface area (Å²) < 4.78 is 1.29. The molecule has 0 radical (unpaired) electrons. The van der Waals surface area contributed by atoms with E-state index >= 15 is 0 Å². The number of nitrogen functional groups attached to an aromatic ring is 1. The summed E-state index contributed by atoms with van der Waals surface area (Å²) in [4.78, 5) is 52.0. The first kappa shape index (κ1) is 24.6. The second-order valence-corrected chi connectivity index (χ2v) is 8.08. The van der Waals surface area contributed by atoms with E-state index < -0.39 is 22.1 Å². The number of carbonyl (C=O) groups is 1. The molecule has 0 saturated heterocycles. The first-order valence-corrected chi connectivity index (χ1v) is 10.5. The maximum atomic E-state index is 12.7. The average molecular weight is 447 g/mol. The SMILES string of the molecule is CCCCN(CC(=O)Nc1ccc(C)c([N+](=O)[O-])c1)c1c(N)n(CC(C)C)c(=O)[nH]c1=O. The van der Waals surface area contributed by atoms with Crippen molar-refractivity contribution in [1.82, 2.24) is 9.55 Å². The number of H-pyrrole nitrogens is 1. The maximum absolute atomic E-state index is 12.7. The number of anilines is 3. The van der Waals surface area contributed by atoms with Gasteiger partial charge in [0, 0.05) is 30.4 Å². The number of hydrogen-bond acceptors (Lipinski definition) is 7. The van der Waals surface area contributed by atoms with Crippen molar-refractivity contribution in [2.45, 2.75) is 47.1 Å². The molecule has 174 valence electrons. The monoisotopic (exact) mass is 446 g/mol. The van der Waals surface area contributed by atoms with Gasteiger partial charge in [-0.1, -0.05) is 33.3 Å². The first-order valence-electron chi connectivity index (χ1n) is 10.5. The van der Waals surface area contributed by atoms with E-state index in [1.807, 2.05) is 20.8 Å². The Morgan fingerprint density at radius 3 is 2.62 bits per heavy atom. The molecule has 0 aliphatic rings. The highest BCUT2D eigenvalue weighted by atomic mass is 16.6. The standard InChI is InChI=1S/C21H30N6O5/c1-5-6-9-25(18-19(22)26(11-13(2)3)21(30)24-20(18)29)12-17(28)23-15-8-7-14(4)16(10-15)27(31)32/h7-8,10,13H,5-6,9,11-12,22H2,1-4H3,(H,23,28)(H,24,29,30). The fourth-order valence-corrected chi connectivity index (χ4v) is 3.31. The average Bonchev–Trinajstić information content (AvgIpc) is 2.70. The molecule has 1 amide bonds. The van der Waals surface area contributed by atoms with Crippen molar-refractivity contribution in [3.8, 4) is 0 Å². The van der Waals surface area contributed by atoms with Gasteiger partial charge in [-0.3, -0.25) is 29.3 Å². The topological polar surface area (TPSA) is 156 Å². The fraction of sp³-hybridized carbons (Fsp3) is 0.476. The van der Waals surface area contributed by atoms with Gasteiger partial charge in [-0.05, 0) is 25.3 Å². The van der Waals surface area contributed by atoms with E-state index in [1.54, 1.807) is 19.1 Å². The third kappa shape index (κ3) is 5.96. The summed E-state index contributed by atoms with van der Waals surface area (Å²) in [6.45, 7) is 7.88. The van der Waals surface area contributed by atoms with E-state index in [4.69, 9.17) is 5.73 Å². The molecule has 0 aliphatic carbocycles. The lowest BCUT2D eigenvalue weighted by molar-refractivity contribution is -0.385. The molecular formula is C21H30N6O5. The molecule has 0 aliphatic heterocycles. The van der Waals surface area contributed by atoms with E-state index in [2.05, 4.69) is 10.3 Å². The van der Waals surface area contributed by atoms with E-state index in [0.29, 0.717) is 25.1 Å². The molecule has 0 saturated carbocycles. The molecule has 11 nitrogen and oxygen atoms in total. The molecule has 1 aromatic heterocycles. The summed E-state index contributed by atoms with van der Waals surface area (Å²) in [5.41, 5.74) is 5.64. The number of aryl methyl sites for hydroxylation is 1. The Kier molecular flexibility index (Phi) is 8.16. The highest BCUT2D eigenvalue weighted by molar-refractivity contribution is 5.94. The van der Waals surface area contributed by atoms with Crippen molar-refractivity contribution in [3.05, 3.63) is 54.7 Å². The number of amides is 1. The number of nitrogens with zero attached hydrogens (tertiary/aromatic N) is 3. The van der Waals surface area contributed by atoms with Gasteiger partial charge in [0.25, 0.3) is 11.2 Å². The van der Waals surface area contributed by atoms with Gasteiger partial charge < -0.3 is 16.0 Å². The molecule has 1 aromatic carbocycles. The van der Waals surface area contributed by atoms with Crippen LogP contribution in [0.2, 0.25) is 0 Å². The number of hydrogen-bond donors (Lipinski definition) is 3. The molecule has 1 heterocycles. The normalized spacial score (nSPS) is 10.9. The molecular weight excluding hydrogens is 416 g/mol. The zero-order valence-electron chi connectivity index (χ0n) is 18.8. The van der Waals surface area contributed by atoms with Crippen molar-refractivity contribution in [3.63, 3.8) is 0 Å². The predicted octanol–water partition coefficient (Wildman–Crippen LogP) is 2.24. The first-order chi connectivity index (χ1) is 15.0. The van der Waals surface area contributed by atoms with Crippen LogP contribution in [0.1, 0.15) is 39.2 Å². The third-order valence-corrected chi connectivity index (χ3v) is 4.88. The Morgan fingerprint density at radius 2 is 2.03 bits per heavy atom. The second-order valence-electron chi connectivity index (χ2n) is 8.08. The summed E-state index contributed by atoms with van der Waals surface area (Å²) >= 11 is 0. The van der Waals surface area contributed by atoms with Crippen molar-refractivity contribution in [2.24, 2.45) is 5.92 Å². The van der Waals surface area contributed by atoms with Gasteiger partial charge in [0.2, 0.25) is 5.91 Å². The van der Waals surface area contributed by atoms with Crippen LogP contribution in [-0.2, 0) is 11.3 Å². The summed E-state index contributed by atoms with van der Waals surface area (Å²) in [5.74, 6) is -0.361. The summed E-state index contributed by atoms with van der Waals surface area (Å²) in [5, 5.41) is 13.8. The summed E-state index contributed by atoms with van der Waals surface area (Å²) in [6, 6.07) is 4.40. The molecule has 11 heteroatoms. The van der Waals surface area contributed by atoms with Crippen LogP contribution in [0.15, 0.2) is 27.8 Å². The van der Waals surface area contributed by atoms with Gasteiger partial charge in [0.1, 0.15) is 11.5 Å². The maximum Gasteiger partial charge on any atom is 0.330 e. The molecule has 2 rings (SSSR count). The number of nitro groups is 1. The number of nitrogens with two attached hydrogens (primary N) is 1. The number of aromatic nitrogens is 2. The number of nitrogens with one attached hydrogen (secondary N) is 2. The minimum atomic E-state index is -0.664. The van der Waals surface area contributed by atoms with Crippen molar-refractivity contribution in [1.29, 1.82) is 0 Å². The van der Waals surface area contributed by atoms with Crippen LogP contribution in [-0.4, -0.2) is 33.5 Å². The fourth-order valence-electron chi connectivity index (χ4n) is 3.31. The number of aromatic amines is 1. The number of carbonyl (C=O) groups excluding carboxylic acids is 1. The van der Waals surface area contributed by atoms with Crippen LogP contribution in [0, 0.1) is 23.0 Å². The Balaban J connectivity index is 2.36.